The Balaban J connectivity index is 1.96. The third-order valence-electron chi connectivity index (χ3n) is 4.40. The number of rotatable bonds is 3. The van der Waals surface area contributed by atoms with E-state index in [0.717, 1.165) is 0 Å². The van der Waals surface area contributed by atoms with Gasteiger partial charge >= 0.3 is 0 Å². The van der Waals surface area contributed by atoms with Crippen LogP contribution >= 0.6 is 0 Å². The van der Waals surface area contributed by atoms with Crippen LogP contribution in [0.25, 0.3) is 0 Å². The Morgan fingerprint density at radius 2 is 1.95 bits per heavy atom. The zero-order valence-corrected chi connectivity index (χ0v) is 12.1. The van der Waals surface area contributed by atoms with Crippen LogP contribution in [0.4, 0.5) is 5.69 Å². The van der Waals surface area contributed by atoms with E-state index in [1.807, 2.05) is 0 Å². The Kier molecular flexibility index (Phi) is 3.66. The molecule has 2 aliphatic rings. The van der Waals surface area contributed by atoms with Gasteiger partial charge in [-0.25, -0.2) is 0 Å². The van der Waals surface area contributed by atoms with Crippen LogP contribution in [0, 0.1) is 5.92 Å². The maximum atomic E-state index is 12.1. The Morgan fingerprint density at radius 3 is 2.59 bits per heavy atom. The number of benzene rings is 1. The quantitative estimate of drug-likeness (QED) is 0.739. The van der Waals surface area contributed by atoms with Crippen molar-refractivity contribution in [1.82, 2.24) is 0 Å². The normalized spacial score (nSPS) is 24.7. The molecule has 1 aromatic carbocycles. The smallest absolute Gasteiger partial charge is 0.263 e. The van der Waals surface area contributed by atoms with Crippen LogP contribution in [0.1, 0.15) is 23.2 Å². The van der Waals surface area contributed by atoms with Crippen LogP contribution in [0.2, 0.25) is 0 Å². The van der Waals surface area contributed by atoms with Crippen LogP contribution < -0.4 is 21.5 Å². The minimum Gasteiger partial charge on any atom is -0.473 e. The molecule has 22 heavy (non-hydrogen) atoms. The molecule has 2 heterocycles. The molecule has 3 rings (SSSR count). The van der Waals surface area contributed by atoms with Crippen molar-refractivity contribution in [3.8, 4) is 5.75 Å². The zero-order chi connectivity index (χ0) is 15.7. The van der Waals surface area contributed by atoms with Gasteiger partial charge in [-0.05, 0) is 31.0 Å². The molecule has 0 radical (unpaired) electrons. The number of carbonyl (C=O) groups is 2. The summed E-state index contributed by atoms with van der Waals surface area (Å²) in [7, 11) is 0. The zero-order valence-electron chi connectivity index (χ0n) is 12.1. The summed E-state index contributed by atoms with van der Waals surface area (Å²) in [4.78, 5) is 23.5. The number of carbonyl (C=O) groups excluding carboxylic acids is 2. The summed E-state index contributed by atoms with van der Waals surface area (Å²) >= 11 is 0. The summed E-state index contributed by atoms with van der Waals surface area (Å²) in [5.41, 5.74) is 10.9. The van der Waals surface area contributed by atoms with E-state index in [4.69, 9.17) is 20.9 Å². The summed E-state index contributed by atoms with van der Waals surface area (Å²) in [6.45, 7) is 1.46. The van der Waals surface area contributed by atoms with E-state index in [9.17, 15) is 9.59 Å². The van der Waals surface area contributed by atoms with Crippen LogP contribution in [0.3, 0.4) is 0 Å². The highest BCUT2D eigenvalue weighted by Gasteiger charge is 2.49. The van der Waals surface area contributed by atoms with Crippen molar-refractivity contribution in [1.29, 1.82) is 0 Å². The lowest BCUT2D eigenvalue weighted by molar-refractivity contribution is -0.141. The van der Waals surface area contributed by atoms with Crippen molar-refractivity contribution in [2.75, 3.05) is 25.1 Å². The van der Waals surface area contributed by atoms with Crippen LogP contribution in [-0.2, 0) is 9.53 Å². The highest BCUT2D eigenvalue weighted by Crippen LogP contribution is 2.39. The average molecular weight is 305 g/mol. The fraction of sp³-hybridized carbons (Fsp3) is 0.467. The average Bonchev–Trinajstić information content (AvgIpc) is 2.54. The predicted octanol–water partition coefficient (Wildman–Crippen LogP) is 0.240. The molecule has 2 aliphatic heterocycles. The monoisotopic (exact) mass is 305 g/mol. The molecule has 0 bridgehead atoms. The Morgan fingerprint density at radius 1 is 1.23 bits per heavy atom. The first kappa shape index (κ1) is 14.6. The van der Waals surface area contributed by atoms with Crippen LogP contribution in [-0.4, -0.2) is 37.2 Å². The fourth-order valence-corrected chi connectivity index (χ4v) is 3.10. The molecule has 118 valence electrons. The van der Waals surface area contributed by atoms with E-state index in [1.165, 1.54) is 0 Å². The number of fused-ring (bicyclic) bond motifs is 1. The molecule has 5 N–H and O–H groups in total. The molecule has 0 saturated carbocycles. The molecular weight excluding hydrogens is 286 g/mol. The second-order valence-electron chi connectivity index (χ2n) is 5.67. The largest absolute Gasteiger partial charge is 0.473 e. The molecule has 7 nitrogen and oxygen atoms in total. The maximum absolute atomic E-state index is 12.1. The summed E-state index contributed by atoms with van der Waals surface area (Å²) in [5, 5.41) is 3.18. The Bertz CT molecular complexity index is 613. The third-order valence-corrected chi connectivity index (χ3v) is 4.40. The van der Waals surface area contributed by atoms with Gasteiger partial charge in [0.25, 0.3) is 5.91 Å². The summed E-state index contributed by atoms with van der Waals surface area (Å²) in [6, 6.07) is 4.87. The van der Waals surface area contributed by atoms with Crippen LogP contribution in [0.5, 0.6) is 5.75 Å². The molecule has 1 atom stereocenters. The Hall–Kier alpha value is -2.28. The van der Waals surface area contributed by atoms with Crippen molar-refractivity contribution in [3.05, 3.63) is 23.8 Å². The molecule has 1 aromatic rings. The second kappa shape index (κ2) is 5.49. The van der Waals surface area contributed by atoms with Gasteiger partial charge in [0, 0.05) is 24.7 Å². The third kappa shape index (κ3) is 2.37. The van der Waals surface area contributed by atoms with Gasteiger partial charge < -0.3 is 26.3 Å². The summed E-state index contributed by atoms with van der Waals surface area (Å²) in [5.74, 6) is -0.667. The van der Waals surface area contributed by atoms with Gasteiger partial charge in [0.15, 0.2) is 0 Å². The van der Waals surface area contributed by atoms with Gasteiger partial charge in [0.2, 0.25) is 11.5 Å². The lowest BCUT2D eigenvalue weighted by atomic mass is 9.80. The first-order chi connectivity index (χ1) is 10.5. The van der Waals surface area contributed by atoms with E-state index in [2.05, 4.69) is 5.32 Å². The number of hydrogen-bond donors (Lipinski definition) is 3. The second-order valence-corrected chi connectivity index (χ2v) is 5.67. The summed E-state index contributed by atoms with van der Waals surface area (Å²) in [6.07, 6.45) is 1.41. The number of anilines is 1. The van der Waals surface area contributed by atoms with E-state index in [1.54, 1.807) is 18.2 Å². The van der Waals surface area contributed by atoms with Crippen molar-refractivity contribution < 1.29 is 19.1 Å². The molecule has 7 heteroatoms. The highest BCUT2D eigenvalue weighted by atomic mass is 16.5. The predicted molar refractivity (Wildman–Crippen MR) is 79.5 cm³/mol. The molecule has 0 aliphatic carbocycles. The van der Waals surface area contributed by atoms with E-state index in [0.29, 0.717) is 49.6 Å². The molecule has 2 amide bonds. The number of ether oxygens (including phenoxy) is 2. The van der Waals surface area contributed by atoms with Crippen molar-refractivity contribution in [2.45, 2.75) is 18.4 Å². The standard InChI is InChI=1S/C15H19N3O4/c16-13(19)9-1-2-11-12(7-9)22-15(8-18-11,14(17)20)10-3-5-21-6-4-10/h1-2,7,10,18H,3-6,8H2,(H2,16,19)(H2,17,20). The maximum Gasteiger partial charge on any atom is 0.263 e. The molecule has 1 unspecified atom stereocenters. The van der Waals surface area contributed by atoms with Gasteiger partial charge in [-0.2, -0.15) is 0 Å². The number of hydrogen-bond acceptors (Lipinski definition) is 5. The van der Waals surface area contributed by atoms with E-state index < -0.39 is 17.4 Å². The van der Waals surface area contributed by atoms with Gasteiger partial charge in [-0.1, -0.05) is 0 Å². The SMILES string of the molecule is NC(=O)c1ccc2c(c1)OC(C(N)=O)(C1CCOCC1)CN2. The highest BCUT2D eigenvalue weighted by molar-refractivity contribution is 5.94. The molecule has 0 aromatic heterocycles. The van der Waals surface area contributed by atoms with Crippen LogP contribution in [0.15, 0.2) is 18.2 Å². The Labute approximate surface area is 127 Å². The van der Waals surface area contributed by atoms with Gasteiger partial charge in [0.05, 0.1) is 12.2 Å². The summed E-state index contributed by atoms with van der Waals surface area (Å²) < 4.78 is 11.4. The van der Waals surface area contributed by atoms with E-state index >= 15 is 0 Å². The minimum atomic E-state index is -1.13. The number of primary amides is 2. The van der Waals surface area contributed by atoms with Gasteiger partial charge in [-0.3, -0.25) is 9.59 Å². The fourth-order valence-electron chi connectivity index (χ4n) is 3.10. The van der Waals surface area contributed by atoms with Crippen molar-refractivity contribution in [2.24, 2.45) is 17.4 Å². The van der Waals surface area contributed by atoms with Gasteiger partial charge in [0.1, 0.15) is 5.75 Å². The first-order valence-electron chi connectivity index (χ1n) is 7.27. The number of nitrogens with one attached hydrogen (secondary N) is 1. The van der Waals surface area contributed by atoms with E-state index in [-0.39, 0.29) is 5.92 Å². The first-order valence-corrected chi connectivity index (χ1v) is 7.27. The molecular formula is C15H19N3O4. The molecule has 1 fully saturated rings. The lowest BCUT2D eigenvalue weighted by Crippen LogP contribution is -2.61. The number of amides is 2. The van der Waals surface area contributed by atoms with Crippen molar-refractivity contribution >= 4 is 17.5 Å². The van der Waals surface area contributed by atoms with Gasteiger partial charge in [-0.15, -0.1) is 0 Å². The number of nitrogens with two attached hydrogens (primary N) is 2. The lowest BCUT2D eigenvalue weighted by Gasteiger charge is -2.43. The molecule has 1 saturated heterocycles. The minimum absolute atomic E-state index is 0.0309. The van der Waals surface area contributed by atoms with Crippen molar-refractivity contribution in [3.63, 3.8) is 0 Å². The molecule has 0 spiro atoms. The topological polar surface area (TPSA) is 117 Å².